The smallest absolute Gasteiger partial charge is 0.251 e. The van der Waals surface area contributed by atoms with Gasteiger partial charge in [-0.25, -0.2) is 0 Å². The van der Waals surface area contributed by atoms with Crippen molar-refractivity contribution in [3.8, 4) is 0 Å². The summed E-state index contributed by atoms with van der Waals surface area (Å²) in [6.45, 7) is 0. The molecule has 0 saturated heterocycles. The highest BCUT2D eigenvalue weighted by molar-refractivity contribution is 9.10. The first-order valence-corrected chi connectivity index (χ1v) is 5.57. The number of hydrogen-bond acceptors (Lipinski definition) is 1. The van der Waals surface area contributed by atoms with E-state index >= 15 is 0 Å². The van der Waals surface area contributed by atoms with E-state index in [-0.39, 0.29) is 5.91 Å². The maximum Gasteiger partial charge on any atom is 0.251 e. The number of halogens is 2. The average Bonchev–Trinajstić information content (AvgIpc) is 2.09. The van der Waals surface area contributed by atoms with Crippen molar-refractivity contribution in [3.63, 3.8) is 0 Å². The summed E-state index contributed by atoms with van der Waals surface area (Å²) in [4.78, 5) is 11.4. The van der Waals surface area contributed by atoms with Gasteiger partial charge in [0.2, 0.25) is 0 Å². The predicted molar refractivity (Wildman–Crippen MR) is 57.2 cm³/mol. The lowest BCUT2D eigenvalue weighted by Gasteiger charge is -2.04. The molecule has 0 aromatic heterocycles. The van der Waals surface area contributed by atoms with E-state index in [1.54, 1.807) is 18.2 Å². The van der Waals surface area contributed by atoms with Crippen LogP contribution in [0.5, 0.6) is 0 Å². The van der Waals surface area contributed by atoms with Gasteiger partial charge in [-0.05, 0) is 18.2 Å². The fourth-order valence-electron chi connectivity index (χ4n) is 0.859. The standard InChI is InChI=1S/C8H6BrClNO.Al/c1-11-8(12)6-4-5(9)2-3-7(6)10;/h2-4H,1H2,(H,11,12);. The quantitative estimate of drug-likeness (QED) is 0.821. The molecular formula is C8H6AlBrClNO. The number of hydrogen-bond donors (Lipinski definition) is 1. The van der Waals surface area contributed by atoms with E-state index < -0.39 is 0 Å². The summed E-state index contributed by atoms with van der Waals surface area (Å²) in [6.07, 6.45) is 0. The second-order valence-corrected chi connectivity index (χ2v) is 4.07. The molecule has 1 N–H and O–H groups in total. The van der Waals surface area contributed by atoms with Gasteiger partial charge in [-0.15, -0.1) is 0 Å². The summed E-state index contributed by atoms with van der Waals surface area (Å²) in [7, 11) is 0. The van der Waals surface area contributed by atoms with Crippen LogP contribution in [0.25, 0.3) is 0 Å². The Hall–Kier alpha value is -0.00753. The van der Waals surface area contributed by atoms with Crippen LogP contribution in [0, 0.1) is 0 Å². The molecule has 2 nitrogen and oxygen atoms in total. The lowest BCUT2D eigenvalue weighted by Crippen LogP contribution is -2.24. The van der Waals surface area contributed by atoms with E-state index in [1.165, 1.54) is 0 Å². The second-order valence-electron chi connectivity index (χ2n) is 2.33. The first-order valence-electron chi connectivity index (χ1n) is 3.58. The second kappa shape index (κ2) is 5.02. The molecule has 1 rings (SSSR count). The molecule has 0 atom stereocenters. The Morgan fingerprint density at radius 1 is 1.62 bits per heavy atom. The first-order chi connectivity index (χ1) is 6.15. The SMILES string of the molecule is O=C(N[CH2][Al])c1cc(Br)ccc1Cl. The number of amides is 1. The fourth-order valence-corrected chi connectivity index (χ4v) is 1.61. The van der Waals surface area contributed by atoms with E-state index in [0.29, 0.717) is 16.0 Å². The third kappa shape index (κ3) is 3.00. The number of rotatable bonds is 2. The van der Waals surface area contributed by atoms with Crippen molar-refractivity contribution in [1.29, 1.82) is 0 Å². The molecule has 0 unspecified atom stereocenters. The Labute approximate surface area is 98.2 Å². The van der Waals surface area contributed by atoms with Crippen LogP contribution in [0.4, 0.5) is 0 Å². The summed E-state index contributed by atoms with van der Waals surface area (Å²) >= 11 is 11.5. The molecule has 0 bridgehead atoms. The van der Waals surface area contributed by atoms with Gasteiger partial charge in [0.1, 0.15) is 0 Å². The number of carbonyl (C=O) groups is 1. The van der Waals surface area contributed by atoms with E-state index in [4.69, 9.17) is 11.6 Å². The normalized spacial score (nSPS) is 9.69. The molecule has 1 aromatic carbocycles. The lowest BCUT2D eigenvalue weighted by atomic mass is 10.2. The molecule has 0 spiro atoms. The molecule has 0 aliphatic carbocycles. The molecule has 0 fully saturated rings. The molecular weight excluding hydrogens is 268 g/mol. The van der Waals surface area contributed by atoms with Crippen LogP contribution in [-0.4, -0.2) is 27.6 Å². The van der Waals surface area contributed by atoms with Gasteiger partial charge in [0, 0.05) is 4.47 Å². The largest absolute Gasteiger partial charge is 0.368 e. The monoisotopic (exact) mass is 273 g/mol. The van der Waals surface area contributed by atoms with E-state index in [9.17, 15) is 4.79 Å². The summed E-state index contributed by atoms with van der Waals surface area (Å²) in [6, 6.07) is 5.17. The predicted octanol–water partition coefficient (Wildman–Crippen LogP) is 1.96. The molecule has 1 aromatic rings. The van der Waals surface area contributed by atoms with Crippen LogP contribution in [0.15, 0.2) is 22.7 Å². The molecule has 13 heavy (non-hydrogen) atoms. The Morgan fingerprint density at radius 3 is 2.92 bits per heavy atom. The highest BCUT2D eigenvalue weighted by Gasteiger charge is 2.08. The molecule has 0 heterocycles. The number of benzene rings is 1. The number of nitrogens with one attached hydrogen (secondary N) is 1. The van der Waals surface area contributed by atoms with Gasteiger partial charge in [-0.3, -0.25) is 4.79 Å². The maximum atomic E-state index is 11.4. The summed E-state index contributed by atoms with van der Waals surface area (Å²) < 4.78 is 0.839. The van der Waals surface area contributed by atoms with Crippen LogP contribution in [-0.2, 0) is 0 Å². The van der Waals surface area contributed by atoms with Crippen molar-refractivity contribution in [3.05, 3.63) is 33.3 Å². The zero-order valence-corrected chi connectivity index (χ0v) is 10.2. The van der Waals surface area contributed by atoms with E-state index in [2.05, 4.69) is 37.5 Å². The van der Waals surface area contributed by atoms with Gasteiger partial charge in [-0.1, -0.05) is 32.9 Å². The Morgan fingerprint density at radius 2 is 2.31 bits per heavy atom. The maximum absolute atomic E-state index is 11.4. The van der Waals surface area contributed by atoms with E-state index in [1.807, 2.05) is 0 Å². The zero-order valence-electron chi connectivity index (χ0n) is 6.68. The number of carbonyl (C=O) groups excluding carboxylic acids is 1. The van der Waals surface area contributed by atoms with Gasteiger partial charge in [0.05, 0.1) is 10.6 Å². The van der Waals surface area contributed by atoms with Crippen molar-refractivity contribution in [2.45, 2.75) is 0 Å². The van der Waals surface area contributed by atoms with Gasteiger partial charge in [0.15, 0.2) is 16.3 Å². The summed E-state index contributed by atoms with van der Waals surface area (Å²) in [5.41, 5.74) is 0.485. The minimum absolute atomic E-state index is 0.165. The molecule has 2 radical (unpaired) electrons. The van der Waals surface area contributed by atoms with Gasteiger partial charge in [0.25, 0.3) is 5.91 Å². The third-order valence-electron chi connectivity index (χ3n) is 1.44. The highest BCUT2D eigenvalue weighted by atomic mass is 79.9. The lowest BCUT2D eigenvalue weighted by molar-refractivity contribution is 0.0960. The van der Waals surface area contributed by atoms with Crippen LogP contribution in [0.1, 0.15) is 10.4 Å². The molecule has 5 heteroatoms. The van der Waals surface area contributed by atoms with Crippen LogP contribution >= 0.6 is 27.5 Å². The zero-order chi connectivity index (χ0) is 9.84. The van der Waals surface area contributed by atoms with Crippen LogP contribution in [0.3, 0.4) is 0 Å². The summed E-state index contributed by atoms with van der Waals surface area (Å²) in [5.74, 6) is -0.165. The Kier molecular flexibility index (Phi) is 4.27. The molecule has 0 aliphatic rings. The minimum atomic E-state index is -0.165. The van der Waals surface area contributed by atoms with Crippen molar-refractivity contribution in [1.82, 2.24) is 5.32 Å². The first kappa shape index (κ1) is 11.1. The molecule has 0 saturated carbocycles. The minimum Gasteiger partial charge on any atom is -0.368 e. The van der Waals surface area contributed by atoms with Crippen molar-refractivity contribution >= 4 is 49.7 Å². The topological polar surface area (TPSA) is 29.1 Å². The highest BCUT2D eigenvalue weighted by Crippen LogP contribution is 2.20. The third-order valence-corrected chi connectivity index (χ3v) is 2.46. The van der Waals surface area contributed by atoms with Gasteiger partial charge in [-0.2, -0.15) is 0 Å². The Balaban J connectivity index is 2.99. The van der Waals surface area contributed by atoms with Gasteiger partial charge < -0.3 is 5.32 Å². The average molecular weight is 274 g/mol. The van der Waals surface area contributed by atoms with E-state index in [0.717, 1.165) is 4.47 Å². The Bertz CT molecular complexity index is 332. The van der Waals surface area contributed by atoms with Crippen LogP contribution in [0.2, 0.25) is 5.02 Å². The van der Waals surface area contributed by atoms with Crippen molar-refractivity contribution in [2.75, 3.05) is 5.41 Å². The fraction of sp³-hybridized carbons (Fsp3) is 0.125. The van der Waals surface area contributed by atoms with Crippen molar-refractivity contribution in [2.24, 2.45) is 0 Å². The van der Waals surface area contributed by atoms with Crippen molar-refractivity contribution < 1.29 is 4.79 Å². The summed E-state index contributed by atoms with van der Waals surface area (Å²) in [5, 5.41) is 3.62. The van der Waals surface area contributed by atoms with Crippen LogP contribution < -0.4 is 5.32 Å². The molecule has 66 valence electrons. The molecule has 0 aliphatic heterocycles. The molecule has 1 amide bonds. The van der Waals surface area contributed by atoms with Gasteiger partial charge >= 0.3 is 0 Å².